The Hall–Kier alpha value is -1.09. The van der Waals surface area contributed by atoms with E-state index < -0.39 is 0 Å². The molecule has 0 aliphatic heterocycles. The van der Waals surface area contributed by atoms with Crippen molar-refractivity contribution >= 4 is 21.9 Å². The van der Waals surface area contributed by atoms with Gasteiger partial charge >= 0.3 is 5.97 Å². The largest absolute Gasteiger partial charge is 0.459 e. The number of halogens is 1. The molecule has 2 saturated carbocycles. The van der Waals surface area contributed by atoms with E-state index in [4.69, 9.17) is 4.74 Å². The van der Waals surface area contributed by atoms with Gasteiger partial charge in [0.25, 0.3) is 0 Å². The van der Waals surface area contributed by atoms with Crippen LogP contribution in [-0.2, 0) is 9.53 Å². The van der Waals surface area contributed by atoms with Gasteiger partial charge in [0.05, 0.1) is 0 Å². The van der Waals surface area contributed by atoms with E-state index in [-0.39, 0.29) is 12.1 Å². The highest BCUT2D eigenvalue weighted by molar-refractivity contribution is 9.10. The summed E-state index contributed by atoms with van der Waals surface area (Å²) in [6.45, 7) is 1.85. The zero-order valence-electron chi connectivity index (χ0n) is 15.1. The van der Waals surface area contributed by atoms with Gasteiger partial charge in [-0.05, 0) is 93.7 Å². The number of hydrogen-bond donors (Lipinski definition) is 0. The van der Waals surface area contributed by atoms with E-state index in [2.05, 4.69) is 40.2 Å². The van der Waals surface area contributed by atoms with E-state index in [1.807, 2.05) is 6.92 Å². The Morgan fingerprint density at radius 3 is 2.08 bits per heavy atom. The molecule has 0 unspecified atom stereocenters. The molecule has 0 N–H and O–H groups in total. The quantitative estimate of drug-likeness (QED) is 0.428. The van der Waals surface area contributed by atoms with Crippen LogP contribution in [0.5, 0.6) is 0 Å². The number of esters is 1. The lowest BCUT2D eigenvalue weighted by atomic mass is 9.69. The Bertz CT molecular complexity index is 577. The van der Waals surface area contributed by atoms with E-state index >= 15 is 0 Å². The molecule has 2 aliphatic rings. The first kappa shape index (κ1) is 18.7. The van der Waals surface area contributed by atoms with Crippen LogP contribution >= 0.6 is 15.9 Å². The van der Waals surface area contributed by atoms with Crippen molar-refractivity contribution in [2.24, 2.45) is 11.8 Å². The second-order valence-corrected chi connectivity index (χ2v) is 8.55. The summed E-state index contributed by atoms with van der Waals surface area (Å²) in [6.07, 6.45) is 13.3. The van der Waals surface area contributed by atoms with Gasteiger partial charge in [-0.25, -0.2) is 4.79 Å². The van der Waals surface area contributed by atoms with Gasteiger partial charge in [0, 0.05) is 10.5 Å². The van der Waals surface area contributed by atoms with Crippen molar-refractivity contribution < 1.29 is 9.53 Å². The van der Waals surface area contributed by atoms with Crippen LogP contribution in [-0.4, -0.2) is 12.1 Å². The Morgan fingerprint density at radius 2 is 1.52 bits per heavy atom. The first-order valence-corrected chi connectivity index (χ1v) is 10.5. The summed E-state index contributed by atoms with van der Waals surface area (Å²) in [5, 5.41) is 0. The monoisotopic (exact) mass is 404 g/mol. The highest BCUT2D eigenvalue weighted by atomic mass is 79.9. The van der Waals surface area contributed by atoms with Crippen LogP contribution in [0.4, 0.5) is 0 Å². The molecule has 3 rings (SSSR count). The first-order chi connectivity index (χ1) is 12.2. The molecule has 0 radical (unpaired) electrons. The molecule has 0 saturated heterocycles. The third-order valence-corrected chi connectivity index (χ3v) is 6.61. The Kier molecular flexibility index (Phi) is 6.75. The molecule has 0 spiro atoms. The predicted octanol–water partition coefficient (Wildman–Crippen LogP) is 6.40. The lowest BCUT2D eigenvalue weighted by Crippen LogP contribution is -2.29. The standard InChI is InChI=1S/C22H29BrO2/c1-2-3-22(24)25-21-14-10-19(11-15-21)17-6-4-16(5-7-17)18-8-12-20(23)13-9-18/h2-3,8-9,12-13,16-17,19,21H,4-7,10-11,14-15H2,1H3/b3-2+. The lowest BCUT2D eigenvalue weighted by molar-refractivity contribution is -0.145. The molecule has 0 atom stereocenters. The van der Waals surface area contributed by atoms with Crippen molar-refractivity contribution in [3.8, 4) is 0 Å². The fourth-order valence-electron chi connectivity index (χ4n) is 4.68. The summed E-state index contributed by atoms with van der Waals surface area (Å²) in [5.41, 5.74) is 1.50. The van der Waals surface area contributed by atoms with Crippen LogP contribution in [0.2, 0.25) is 0 Å². The molecule has 3 heteroatoms. The van der Waals surface area contributed by atoms with Gasteiger partial charge in [0.2, 0.25) is 0 Å². The summed E-state index contributed by atoms with van der Waals surface area (Å²) >= 11 is 3.52. The van der Waals surface area contributed by atoms with Crippen molar-refractivity contribution in [3.05, 3.63) is 46.5 Å². The topological polar surface area (TPSA) is 26.3 Å². The summed E-state index contributed by atoms with van der Waals surface area (Å²) in [7, 11) is 0. The second kappa shape index (κ2) is 9.02. The highest BCUT2D eigenvalue weighted by Crippen LogP contribution is 2.43. The number of ether oxygens (including phenoxy) is 1. The zero-order chi connectivity index (χ0) is 17.6. The number of carbonyl (C=O) groups excluding carboxylic acids is 1. The van der Waals surface area contributed by atoms with E-state index in [1.165, 1.54) is 50.2 Å². The minimum absolute atomic E-state index is 0.138. The number of allylic oxidation sites excluding steroid dienone is 1. The molecular formula is C22H29BrO2. The van der Waals surface area contributed by atoms with E-state index in [1.54, 1.807) is 6.08 Å². The molecule has 2 aliphatic carbocycles. The van der Waals surface area contributed by atoms with E-state index in [0.29, 0.717) is 0 Å². The smallest absolute Gasteiger partial charge is 0.330 e. The van der Waals surface area contributed by atoms with Crippen molar-refractivity contribution in [1.82, 2.24) is 0 Å². The Morgan fingerprint density at radius 1 is 0.960 bits per heavy atom. The van der Waals surface area contributed by atoms with Gasteiger partial charge in [-0.1, -0.05) is 34.1 Å². The van der Waals surface area contributed by atoms with Crippen LogP contribution in [0.3, 0.4) is 0 Å². The van der Waals surface area contributed by atoms with E-state index in [0.717, 1.165) is 35.1 Å². The molecule has 0 amide bonds. The zero-order valence-corrected chi connectivity index (χ0v) is 16.7. The minimum Gasteiger partial charge on any atom is -0.459 e. The first-order valence-electron chi connectivity index (χ1n) is 9.74. The van der Waals surface area contributed by atoms with Gasteiger partial charge < -0.3 is 4.74 Å². The molecule has 136 valence electrons. The average Bonchev–Trinajstić information content (AvgIpc) is 2.63. The van der Waals surface area contributed by atoms with Crippen LogP contribution in [0.1, 0.15) is 69.8 Å². The number of carbonyl (C=O) groups is 1. The van der Waals surface area contributed by atoms with Crippen LogP contribution in [0.15, 0.2) is 40.9 Å². The third-order valence-electron chi connectivity index (χ3n) is 6.08. The Labute approximate surface area is 160 Å². The molecule has 25 heavy (non-hydrogen) atoms. The van der Waals surface area contributed by atoms with Gasteiger partial charge in [0.15, 0.2) is 0 Å². The lowest BCUT2D eigenvalue weighted by Gasteiger charge is -2.37. The van der Waals surface area contributed by atoms with Crippen LogP contribution in [0, 0.1) is 11.8 Å². The predicted molar refractivity (Wildman–Crippen MR) is 105 cm³/mol. The summed E-state index contributed by atoms with van der Waals surface area (Å²) in [6, 6.07) is 8.88. The van der Waals surface area contributed by atoms with Gasteiger partial charge in [-0.2, -0.15) is 0 Å². The van der Waals surface area contributed by atoms with Gasteiger partial charge in [-0.3, -0.25) is 0 Å². The van der Waals surface area contributed by atoms with Crippen molar-refractivity contribution in [2.75, 3.05) is 0 Å². The second-order valence-electron chi connectivity index (χ2n) is 7.64. The third kappa shape index (κ3) is 5.20. The minimum atomic E-state index is -0.180. The van der Waals surface area contributed by atoms with Crippen molar-refractivity contribution in [1.29, 1.82) is 0 Å². The molecule has 2 nitrogen and oxygen atoms in total. The molecule has 2 fully saturated rings. The summed E-state index contributed by atoms with van der Waals surface area (Å²) < 4.78 is 6.69. The molecular weight excluding hydrogens is 376 g/mol. The molecule has 0 bridgehead atoms. The Balaban J connectivity index is 1.43. The number of rotatable bonds is 4. The summed E-state index contributed by atoms with van der Waals surface area (Å²) in [5.74, 6) is 2.27. The maximum absolute atomic E-state index is 11.6. The van der Waals surface area contributed by atoms with Crippen LogP contribution in [0.25, 0.3) is 0 Å². The maximum Gasteiger partial charge on any atom is 0.330 e. The molecule has 0 aromatic heterocycles. The number of hydrogen-bond acceptors (Lipinski definition) is 2. The van der Waals surface area contributed by atoms with Gasteiger partial charge in [0.1, 0.15) is 6.10 Å². The molecule has 1 aromatic rings. The molecule has 1 aromatic carbocycles. The van der Waals surface area contributed by atoms with Crippen molar-refractivity contribution in [3.63, 3.8) is 0 Å². The summed E-state index contributed by atoms with van der Waals surface area (Å²) in [4.78, 5) is 11.6. The fourth-order valence-corrected chi connectivity index (χ4v) is 4.94. The highest BCUT2D eigenvalue weighted by Gasteiger charge is 2.32. The van der Waals surface area contributed by atoms with Crippen molar-refractivity contribution in [2.45, 2.75) is 70.3 Å². The fraction of sp³-hybridized carbons (Fsp3) is 0.591. The van der Waals surface area contributed by atoms with E-state index in [9.17, 15) is 4.79 Å². The van der Waals surface area contributed by atoms with Gasteiger partial charge in [-0.15, -0.1) is 0 Å². The normalized spacial score (nSPS) is 30.3. The molecule has 0 heterocycles. The maximum atomic E-state index is 11.6. The SMILES string of the molecule is C/C=C/C(=O)OC1CCC(C2CCC(c3ccc(Br)cc3)CC2)CC1. The average molecular weight is 405 g/mol. The number of benzene rings is 1. The van der Waals surface area contributed by atoms with Crippen LogP contribution < -0.4 is 0 Å².